The van der Waals surface area contributed by atoms with Gasteiger partial charge in [-0.3, -0.25) is 4.79 Å². The Hall–Kier alpha value is 1.16. The van der Waals surface area contributed by atoms with Gasteiger partial charge < -0.3 is 24.8 Å². The minimum Gasteiger partial charge on any atom is -1.00 e. The summed E-state index contributed by atoms with van der Waals surface area (Å²) < 4.78 is 0. The maximum absolute atomic E-state index is 9.21. The maximum Gasteiger partial charge on any atom is 2.00 e. The van der Waals surface area contributed by atoms with Crippen molar-refractivity contribution in [3.05, 3.63) is 0 Å². The third kappa shape index (κ3) is 141. The normalized spacial score (nSPS) is 3.71. The molecule has 0 aromatic carbocycles. The summed E-state index contributed by atoms with van der Waals surface area (Å²) >= 11 is 4.64. The molecule has 0 unspecified atom stereocenters. The van der Waals surface area contributed by atoms with E-state index in [1.807, 2.05) is 0 Å². The van der Waals surface area contributed by atoms with E-state index in [1.54, 1.807) is 0 Å². The van der Waals surface area contributed by atoms with E-state index < -0.39 is 0 Å². The first-order chi connectivity index (χ1) is 1.73. The second-order valence-corrected chi connectivity index (χ2v) is 1.00. The van der Waals surface area contributed by atoms with Crippen LogP contribution in [-0.4, -0.2) is 5.24 Å². The van der Waals surface area contributed by atoms with E-state index in [-0.39, 0.29) is 49.5 Å². The number of hydrogen-bond donors (Lipinski definition) is 0. The molecule has 0 N–H and O–H groups in total. The Bertz CT molecular complexity index is 35.9. The van der Waals surface area contributed by atoms with E-state index in [4.69, 9.17) is 0 Å². The molecule has 0 aromatic heterocycles. The molecule has 0 amide bonds. The first-order valence-electron chi connectivity index (χ1n) is 0.893. The van der Waals surface area contributed by atoms with Crippen LogP contribution in [-0.2, 0) is 24.3 Å². The van der Waals surface area contributed by atoms with Crippen LogP contribution in [0.2, 0.25) is 0 Å². The molecular weight excluding hydrogens is 212 g/mol. The van der Waals surface area contributed by atoms with Crippen molar-refractivity contribution in [1.29, 1.82) is 0 Å². The minimum absolute atomic E-state index is 0. The molecule has 40 valence electrons. The second-order valence-electron chi connectivity index (χ2n) is 0.470. The van der Waals surface area contributed by atoms with Gasteiger partial charge >= 0.3 is 19.5 Å². The second kappa shape index (κ2) is 15.7. The Kier molecular flexibility index (Phi) is 54.2. The number of hydrogen-bond acceptors (Lipinski definition) is 1. The zero-order valence-electron chi connectivity index (χ0n) is 3.75. The van der Waals surface area contributed by atoms with Crippen LogP contribution in [0.25, 0.3) is 0 Å². The molecule has 0 rings (SSSR count). The third-order valence-corrected chi connectivity index (χ3v) is 0. The largest absolute Gasteiger partial charge is 2.00 e. The van der Waals surface area contributed by atoms with Crippen molar-refractivity contribution in [3.63, 3.8) is 0 Å². The molecule has 0 atom stereocenters. The van der Waals surface area contributed by atoms with Crippen LogP contribution in [0.4, 0.5) is 0 Å². The first-order valence-corrected chi connectivity index (χ1v) is 1.27. The summed E-state index contributed by atoms with van der Waals surface area (Å²) in [7, 11) is 0. The van der Waals surface area contributed by atoms with Crippen molar-refractivity contribution >= 4 is 16.8 Å². The summed E-state index contributed by atoms with van der Waals surface area (Å²) in [5, 5.41) is -0.361. The van der Waals surface area contributed by atoms with Gasteiger partial charge in [0.25, 0.3) is 0 Å². The molecule has 0 fully saturated rings. The summed E-state index contributed by atoms with van der Waals surface area (Å²) in [6.07, 6.45) is 0. The van der Waals surface area contributed by atoms with E-state index in [0.717, 1.165) is 0 Å². The Balaban J connectivity index is -0.0000000150. The van der Waals surface area contributed by atoms with Crippen molar-refractivity contribution in [3.8, 4) is 0 Å². The predicted octanol–water partition coefficient (Wildman–Crippen LogP) is -5.22. The van der Waals surface area contributed by atoms with Crippen LogP contribution >= 0.6 is 11.6 Å². The van der Waals surface area contributed by atoms with Crippen molar-refractivity contribution in [2.24, 2.45) is 0 Å². The molecule has 0 bridgehead atoms. The number of carbonyl (C=O) groups is 1. The summed E-state index contributed by atoms with van der Waals surface area (Å²) in [4.78, 5) is 9.21. The van der Waals surface area contributed by atoms with Crippen molar-refractivity contribution in [2.75, 3.05) is 0 Å². The zero-order chi connectivity index (χ0) is 3.58. The van der Waals surface area contributed by atoms with Gasteiger partial charge in [0, 0.05) is 6.92 Å². The smallest absolute Gasteiger partial charge is 1.00 e. The van der Waals surface area contributed by atoms with Gasteiger partial charge in [-0.2, -0.15) is 0 Å². The van der Waals surface area contributed by atoms with Gasteiger partial charge in [0.2, 0.25) is 5.24 Å². The monoisotopic (exact) mass is 212 g/mol. The van der Waals surface area contributed by atoms with Gasteiger partial charge in [0.05, 0.1) is 0 Å². The fourth-order valence-electron chi connectivity index (χ4n) is 0. The topological polar surface area (TPSA) is 17.1 Å². The molecular formula is C2H3Cl3OZn. The molecule has 0 spiro atoms. The standard InChI is InChI=1S/C2H3ClO.2ClH.Zn/c1-2(3)4;;;/h1H3;2*1H;/q;;;+2/p-2. The average molecular weight is 215 g/mol. The van der Waals surface area contributed by atoms with Crippen LogP contribution in [0.15, 0.2) is 0 Å². The van der Waals surface area contributed by atoms with Crippen LogP contribution in [0.5, 0.6) is 0 Å². The Labute approximate surface area is 72.8 Å². The predicted molar refractivity (Wildman–Crippen MR) is 16.5 cm³/mol. The molecule has 0 aliphatic carbocycles. The molecule has 0 saturated carbocycles. The van der Waals surface area contributed by atoms with Gasteiger partial charge in [-0.25, -0.2) is 0 Å². The number of halogens is 3. The molecule has 0 radical (unpaired) electrons. The first kappa shape index (κ1) is 24.2. The molecule has 1 nitrogen and oxygen atoms in total. The van der Waals surface area contributed by atoms with Gasteiger partial charge in [-0.1, -0.05) is 0 Å². The Morgan fingerprint density at radius 3 is 1.43 bits per heavy atom. The van der Waals surface area contributed by atoms with E-state index in [2.05, 4.69) is 11.6 Å². The van der Waals surface area contributed by atoms with Gasteiger partial charge in [0.1, 0.15) is 0 Å². The van der Waals surface area contributed by atoms with Crippen molar-refractivity contribution in [2.45, 2.75) is 6.92 Å². The van der Waals surface area contributed by atoms with E-state index in [1.165, 1.54) is 6.92 Å². The molecule has 0 aromatic rings. The molecule has 0 heterocycles. The molecule has 0 aliphatic rings. The molecule has 7 heavy (non-hydrogen) atoms. The van der Waals surface area contributed by atoms with E-state index in [9.17, 15) is 4.79 Å². The van der Waals surface area contributed by atoms with Crippen molar-refractivity contribution < 1.29 is 49.1 Å². The average Bonchev–Trinajstić information content (AvgIpc) is 0.811. The van der Waals surface area contributed by atoms with Crippen molar-refractivity contribution in [1.82, 2.24) is 0 Å². The molecule has 5 heteroatoms. The fraction of sp³-hybridized carbons (Fsp3) is 0.500. The van der Waals surface area contributed by atoms with Crippen LogP contribution in [0.1, 0.15) is 6.92 Å². The summed E-state index contributed by atoms with van der Waals surface area (Å²) in [5.41, 5.74) is 0. The number of rotatable bonds is 0. The minimum atomic E-state index is -0.361. The van der Waals surface area contributed by atoms with Crippen LogP contribution < -0.4 is 24.8 Å². The van der Waals surface area contributed by atoms with Gasteiger partial charge in [-0.05, 0) is 11.6 Å². The van der Waals surface area contributed by atoms with Gasteiger partial charge in [0.15, 0.2) is 0 Å². The van der Waals surface area contributed by atoms with E-state index in [0.29, 0.717) is 0 Å². The maximum atomic E-state index is 9.21. The fourth-order valence-corrected chi connectivity index (χ4v) is 0. The number of carbonyl (C=O) groups excluding carboxylic acids is 1. The van der Waals surface area contributed by atoms with Gasteiger partial charge in [-0.15, -0.1) is 0 Å². The quantitative estimate of drug-likeness (QED) is 0.291. The van der Waals surface area contributed by atoms with Crippen LogP contribution in [0, 0.1) is 0 Å². The molecule has 0 aliphatic heterocycles. The zero-order valence-corrected chi connectivity index (χ0v) is 8.98. The summed E-state index contributed by atoms with van der Waals surface area (Å²) in [5.74, 6) is 0. The summed E-state index contributed by atoms with van der Waals surface area (Å²) in [6, 6.07) is 0. The van der Waals surface area contributed by atoms with E-state index >= 15 is 0 Å². The molecule has 0 saturated heterocycles. The SMILES string of the molecule is CC(=O)Cl.[Cl-].[Cl-].[Zn+2]. The summed E-state index contributed by atoms with van der Waals surface area (Å²) in [6.45, 7) is 1.29. The Morgan fingerprint density at radius 1 is 1.43 bits per heavy atom. The van der Waals surface area contributed by atoms with Crippen LogP contribution in [0.3, 0.4) is 0 Å². The third-order valence-electron chi connectivity index (χ3n) is 0. The Morgan fingerprint density at radius 2 is 1.43 bits per heavy atom.